The van der Waals surface area contributed by atoms with Crippen molar-refractivity contribution in [2.75, 3.05) is 13.7 Å². The van der Waals surface area contributed by atoms with E-state index >= 15 is 0 Å². The lowest BCUT2D eigenvalue weighted by atomic mass is 9.90. The van der Waals surface area contributed by atoms with Crippen molar-refractivity contribution in [3.05, 3.63) is 83.9 Å². The monoisotopic (exact) mass is 290 g/mol. The maximum atomic E-state index is 12.9. The van der Waals surface area contributed by atoms with E-state index in [9.17, 15) is 4.79 Å². The van der Waals surface area contributed by atoms with E-state index in [1.807, 2.05) is 72.8 Å². The smallest absolute Gasteiger partial charge is 0.172 e. The van der Waals surface area contributed by atoms with E-state index in [2.05, 4.69) is 0 Å². The number of hydrogen-bond donors (Lipinski definition) is 0. The number of carbonyl (C=O) groups excluding carboxylic acids is 1. The van der Waals surface area contributed by atoms with Crippen molar-refractivity contribution in [3.8, 4) is 0 Å². The minimum absolute atomic E-state index is 0.0961. The van der Waals surface area contributed by atoms with E-state index in [0.717, 1.165) is 21.9 Å². The molecule has 0 aliphatic carbocycles. The van der Waals surface area contributed by atoms with Crippen molar-refractivity contribution in [1.82, 2.24) is 0 Å². The van der Waals surface area contributed by atoms with E-state index in [0.29, 0.717) is 6.61 Å². The molecule has 0 heterocycles. The summed E-state index contributed by atoms with van der Waals surface area (Å²) in [6.07, 6.45) is 0. The van der Waals surface area contributed by atoms with E-state index in [1.165, 1.54) is 0 Å². The van der Waals surface area contributed by atoms with Gasteiger partial charge in [-0.05, 0) is 22.4 Å². The maximum Gasteiger partial charge on any atom is 0.172 e. The molecule has 0 N–H and O–H groups in total. The molecule has 1 atom stereocenters. The van der Waals surface area contributed by atoms with Crippen LogP contribution in [0.25, 0.3) is 10.8 Å². The third kappa shape index (κ3) is 2.92. The second kappa shape index (κ2) is 6.54. The van der Waals surface area contributed by atoms with Gasteiger partial charge in [-0.15, -0.1) is 0 Å². The molecular formula is C20H18O2. The Bertz CT molecular complexity index is 778. The topological polar surface area (TPSA) is 26.3 Å². The molecule has 0 aromatic heterocycles. The highest BCUT2D eigenvalue weighted by Crippen LogP contribution is 2.24. The Balaban J connectivity index is 1.98. The van der Waals surface area contributed by atoms with Crippen molar-refractivity contribution < 1.29 is 9.53 Å². The molecule has 0 aliphatic rings. The van der Waals surface area contributed by atoms with Crippen LogP contribution < -0.4 is 0 Å². The summed E-state index contributed by atoms with van der Waals surface area (Å²) in [7, 11) is 1.63. The first-order chi connectivity index (χ1) is 10.8. The molecule has 3 rings (SSSR count). The zero-order valence-electron chi connectivity index (χ0n) is 12.5. The number of Topliss-reactive ketones (excluding diaryl/α,β-unsaturated/α-hetero) is 1. The number of carbonyl (C=O) groups is 1. The summed E-state index contributed by atoms with van der Waals surface area (Å²) in [6, 6.07) is 23.7. The lowest BCUT2D eigenvalue weighted by Gasteiger charge is -2.16. The molecule has 3 aromatic rings. The Kier molecular flexibility index (Phi) is 4.31. The van der Waals surface area contributed by atoms with Crippen LogP contribution in [-0.2, 0) is 4.74 Å². The SMILES string of the molecule is COC[C@@H](C(=O)c1ccc2ccccc2c1)c1ccccc1. The van der Waals surface area contributed by atoms with Gasteiger partial charge in [0, 0.05) is 12.7 Å². The van der Waals surface area contributed by atoms with Gasteiger partial charge in [0.1, 0.15) is 0 Å². The van der Waals surface area contributed by atoms with Crippen LogP contribution in [0.3, 0.4) is 0 Å². The van der Waals surface area contributed by atoms with Crippen LogP contribution >= 0.6 is 0 Å². The lowest BCUT2D eigenvalue weighted by Crippen LogP contribution is -2.18. The summed E-state index contributed by atoms with van der Waals surface area (Å²) in [5.74, 6) is -0.175. The average Bonchev–Trinajstić information content (AvgIpc) is 2.59. The fourth-order valence-corrected chi connectivity index (χ4v) is 2.72. The second-order valence-electron chi connectivity index (χ2n) is 5.34. The molecule has 3 aromatic carbocycles. The minimum Gasteiger partial charge on any atom is -0.384 e. The number of hydrogen-bond acceptors (Lipinski definition) is 2. The predicted molar refractivity (Wildman–Crippen MR) is 89.3 cm³/mol. The summed E-state index contributed by atoms with van der Waals surface area (Å²) < 4.78 is 5.27. The number of ketones is 1. The van der Waals surface area contributed by atoms with Gasteiger partial charge in [0.15, 0.2) is 5.78 Å². The van der Waals surface area contributed by atoms with Gasteiger partial charge in [0.25, 0.3) is 0 Å². The van der Waals surface area contributed by atoms with Crippen molar-refractivity contribution in [1.29, 1.82) is 0 Å². The van der Waals surface area contributed by atoms with Gasteiger partial charge in [-0.1, -0.05) is 66.7 Å². The molecule has 0 spiro atoms. The van der Waals surface area contributed by atoms with Gasteiger partial charge < -0.3 is 4.74 Å². The molecule has 0 aliphatic heterocycles. The van der Waals surface area contributed by atoms with Gasteiger partial charge in [-0.2, -0.15) is 0 Å². The highest BCUT2D eigenvalue weighted by atomic mass is 16.5. The maximum absolute atomic E-state index is 12.9. The van der Waals surface area contributed by atoms with Gasteiger partial charge >= 0.3 is 0 Å². The van der Waals surface area contributed by atoms with Crippen LogP contribution in [0.5, 0.6) is 0 Å². The van der Waals surface area contributed by atoms with Crippen molar-refractivity contribution in [2.45, 2.75) is 5.92 Å². The van der Waals surface area contributed by atoms with Gasteiger partial charge in [0.2, 0.25) is 0 Å². The molecule has 0 amide bonds. The number of fused-ring (bicyclic) bond motifs is 1. The molecule has 0 radical (unpaired) electrons. The van der Waals surface area contributed by atoms with Crippen LogP contribution in [0.4, 0.5) is 0 Å². The quantitative estimate of drug-likeness (QED) is 0.649. The second-order valence-corrected chi connectivity index (χ2v) is 5.34. The van der Waals surface area contributed by atoms with Gasteiger partial charge in [-0.3, -0.25) is 4.79 Å². The molecule has 0 unspecified atom stereocenters. The van der Waals surface area contributed by atoms with Gasteiger partial charge in [0.05, 0.1) is 12.5 Å². The summed E-state index contributed by atoms with van der Waals surface area (Å²) in [5.41, 5.74) is 1.71. The third-order valence-electron chi connectivity index (χ3n) is 3.89. The van der Waals surface area contributed by atoms with Crippen LogP contribution in [0.1, 0.15) is 21.8 Å². The normalized spacial score (nSPS) is 12.2. The van der Waals surface area contributed by atoms with Crippen LogP contribution in [0.15, 0.2) is 72.8 Å². The number of benzene rings is 3. The Morgan fingerprint density at radius 1 is 0.909 bits per heavy atom. The van der Waals surface area contributed by atoms with Gasteiger partial charge in [-0.25, -0.2) is 0 Å². The van der Waals surface area contributed by atoms with Crippen molar-refractivity contribution in [2.24, 2.45) is 0 Å². The average molecular weight is 290 g/mol. The van der Waals surface area contributed by atoms with E-state index in [-0.39, 0.29) is 11.7 Å². The Labute approximate surface area is 130 Å². The summed E-state index contributed by atoms with van der Waals surface area (Å²) in [4.78, 5) is 12.9. The summed E-state index contributed by atoms with van der Waals surface area (Å²) in [5, 5.41) is 2.22. The van der Waals surface area contributed by atoms with Crippen LogP contribution in [0, 0.1) is 0 Å². The van der Waals surface area contributed by atoms with E-state index in [1.54, 1.807) is 7.11 Å². The first-order valence-electron chi connectivity index (χ1n) is 7.36. The number of rotatable bonds is 5. The number of ether oxygens (including phenoxy) is 1. The first-order valence-corrected chi connectivity index (χ1v) is 7.36. The Morgan fingerprint density at radius 3 is 2.32 bits per heavy atom. The van der Waals surface area contributed by atoms with Crippen molar-refractivity contribution in [3.63, 3.8) is 0 Å². The molecule has 2 heteroatoms. The fourth-order valence-electron chi connectivity index (χ4n) is 2.72. The molecule has 0 saturated carbocycles. The highest BCUT2D eigenvalue weighted by molar-refractivity contribution is 6.03. The van der Waals surface area contributed by atoms with Crippen LogP contribution in [-0.4, -0.2) is 19.5 Å². The number of methoxy groups -OCH3 is 1. The van der Waals surface area contributed by atoms with Crippen LogP contribution in [0.2, 0.25) is 0 Å². The zero-order chi connectivity index (χ0) is 15.4. The zero-order valence-corrected chi connectivity index (χ0v) is 12.5. The van der Waals surface area contributed by atoms with Crippen molar-refractivity contribution >= 4 is 16.6 Å². The molecule has 110 valence electrons. The third-order valence-corrected chi connectivity index (χ3v) is 3.89. The van der Waals surface area contributed by atoms with E-state index in [4.69, 9.17) is 4.74 Å². The largest absolute Gasteiger partial charge is 0.384 e. The molecule has 0 fully saturated rings. The Hall–Kier alpha value is -2.45. The first kappa shape index (κ1) is 14.5. The fraction of sp³-hybridized carbons (Fsp3) is 0.150. The highest BCUT2D eigenvalue weighted by Gasteiger charge is 2.22. The molecule has 0 saturated heterocycles. The summed E-state index contributed by atoms with van der Waals surface area (Å²) >= 11 is 0. The summed E-state index contributed by atoms with van der Waals surface area (Å²) in [6.45, 7) is 0.385. The molecule has 22 heavy (non-hydrogen) atoms. The molecular weight excluding hydrogens is 272 g/mol. The predicted octanol–water partition coefficient (Wildman–Crippen LogP) is 4.45. The van der Waals surface area contributed by atoms with E-state index < -0.39 is 0 Å². The Morgan fingerprint density at radius 2 is 1.59 bits per heavy atom. The standard InChI is InChI=1S/C20H18O2/c1-22-14-19(16-8-3-2-4-9-16)20(21)18-12-11-15-7-5-6-10-17(15)13-18/h2-13,19H,14H2,1H3/t19-/m1/s1. The lowest BCUT2D eigenvalue weighted by molar-refractivity contribution is 0.0888. The molecule has 0 bridgehead atoms. The molecule has 2 nitrogen and oxygen atoms in total. The minimum atomic E-state index is -0.271.